The molecule has 1 unspecified atom stereocenters. The van der Waals surface area contributed by atoms with Gasteiger partial charge in [-0.2, -0.15) is 0 Å². The third-order valence-corrected chi connectivity index (χ3v) is 5.48. The zero-order chi connectivity index (χ0) is 21.0. The lowest BCUT2D eigenvalue weighted by Crippen LogP contribution is -2.49. The summed E-state index contributed by atoms with van der Waals surface area (Å²) in [6.07, 6.45) is 1.31. The maximum atomic E-state index is 12.8. The van der Waals surface area contributed by atoms with Gasteiger partial charge in [0.25, 0.3) is 0 Å². The second-order valence-electron chi connectivity index (χ2n) is 7.15. The first-order valence-electron chi connectivity index (χ1n) is 9.63. The third kappa shape index (κ3) is 5.07. The summed E-state index contributed by atoms with van der Waals surface area (Å²) in [7, 11) is 0. The molecule has 3 rings (SSSR count). The number of esters is 1. The number of nitrogens with zero attached hydrogens (tertiary/aromatic N) is 1. The molecule has 0 aromatic heterocycles. The van der Waals surface area contributed by atoms with E-state index in [1.54, 1.807) is 31.2 Å². The molecule has 9 heteroatoms. The highest BCUT2D eigenvalue weighted by molar-refractivity contribution is 6.30. The Hall–Kier alpha value is -2.58. The Balaban J connectivity index is 1.89. The van der Waals surface area contributed by atoms with Crippen LogP contribution in [0.2, 0.25) is 5.02 Å². The van der Waals surface area contributed by atoms with Gasteiger partial charge in [-0.05, 0) is 50.6 Å². The van der Waals surface area contributed by atoms with Crippen LogP contribution in [-0.4, -0.2) is 49.0 Å². The molecule has 4 N–H and O–H groups in total. The molecule has 156 valence electrons. The molecule has 1 aromatic rings. The number of ether oxygens (including phenoxy) is 1. The van der Waals surface area contributed by atoms with E-state index in [0.717, 1.165) is 5.56 Å². The highest BCUT2D eigenvalue weighted by Crippen LogP contribution is 2.29. The number of piperidine rings is 1. The van der Waals surface area contributed by atoms with Crippen LogP contribution in [0.4, 0.5) is 4.79 Å². The average Bonchev–Trinajstić information content (AvgIpc) is 2.68. The third-order valence-electron chi connectivity index (χ3n) is 5.22. The number of carbonyl (C=O) groups excluding carboxylic acids is 3. The molecular formula is C20H25ClN4O4. The molecule has 2 heterocycles. The molecule has 2 aliphatic heterocycles. The summed E-state index contributed by atoms with van der Waals surface area (Å²) < 4.78 is 5.27. The van der Waals surface area contributed by atoms with Crippen LogP contribution in [0.1, 0.15) is 31.4 Å². The Morgan fingerprint density at radius 2 is 1.90 bits per heavy atom. The Labute approximate surface area is 174 Å². The van der Waals surface area contributed by atoms with Gasteiger partial charge in [0.05, 0.1) is 18.2 Å². The number of urea groups is 1. The molecule has 0 radical (unpaired) electrons. The summed E-state index contributed by atoms with van der Waals surface area (Å²) in [6, 6.07) is 5.93. The number of nitrogens with two attached hydrogens (primary N) is 1. The number of carbonyl (C=O) groups is 3. The van der Waals surface area contributed by atoms with Crippen LogP contribution < -0.4 is 16.4 Å². The second kappa shape index (κ2) is 9.28. The van der Waals surface area contributed by atoms with Gasteiger partial charge in [0.15, 0.2) is 0 Å². The predicted octanol–water partition coefficient (Wildman–Crippen LogP) is 1.71. The molecule has 3 amide bonds. The summed E-state index contributed by atoms with van der Waals surface area (Å²) in [4.78, 5) is 38.6. The van der Waals surface area contributed by atoms with Gasteiger partial charge in [0.1, 0.15) is 0 Å². The fourth-order valence-corrected chi connectivity index (χ4v) is 3.82. The smallest absolute Gasteiger partial charge is 0.338 e. The number of nitrogens with one attached hydrogen (secondary N) is 2. The molecule has 0 saturated carbocycles. The molecule has 2 aliphatic rings. The van der Waals surface area contributed by atoms with Crippen molar-refractivity contribution in [2.45, 2.75) is 25.8 Å². The van der Waals surface area contributed by atoms with Crippen LogP contribution in [0.3, 0.4) is 0 Å². The van der Waals surface area contributed by atoms with E-state index >= 15 is 0 Å². The number of hydrogen-bond donors (Lipinski definition) is 3. The quantitative estimate of drug-likeness (QED) is 0.606. The molecule has 1 atom stereocenters. The minimum atomic E-state index is -0.641. The van der Waals surface area contributed by atoms with Crippen LogP contribution in [0, 0.1) is 5.92 Å². The van der Waals surface area contributed by atoms with E-state index in [4.69, 9.17) is 22.1 Å². The van der Waals surface area contributed by atoms with E-state index in [2.05, 4.69) is 15.5 Å². The van der Waals surface area contributed by atoms with E-state index in [-0.39, 0.29) is 24.5 Å². The SMILES string of the molecule is CCOC(=O)C1=C(CN2CCC(C(N)=O)CC2)NC(=O)NC1c1ccc(Cl)cc1. The van der Waals surface area contributed by atoms with Crippen LogP contribution in [0.25, 0.3) is 0 Å². The summed E-state index contributed by atoms with van der Waals surface area (Å²) >= 11 is 5.98. The van der Waals surface area contributed by atoms with Crippen molar-refractivity contribution in [1.82, 2.24) is 15.5 Å². The number of amides is 3. The van der Waals surface area contributed by atoms with Crippen molar-refractivity contribution in [3.8, 4) is 0 Å². The van der Waals surface area contributed by atoms with Crippen molar-refractivity contribution in [3.63, 3.8) is 0 Å². The van der Waals surface area contributed by atoms with Gasteiger partial charge in [-0.3, -0.25) is 9.69 Å². The molecular weight excluding hydrogens is 396 g/mol. The van der Waals surface area contributed by atoms with E-state index < -0.39 is 12.0 Å². The Kier molecular flexibility index (Phi) is 6.76. The number of halogens is 1. The molecule has 8 nitrogen and oxygen atoms in total. The molecule has 1 fully saturated rings. The van der Waals surface area contributed by atoms with E-state index in [9.17, 15) is 14.4 Å². The first-order valence-corrected chi connectivity index (χ1v) is 10.0. The Morgan fingerprint density at radius 1 is 1.24 bits per heavy atom. The first kappa shape index (κ1) is 21.1. The maximum Gasteiger partial charge on any atom is 0.338 e. The average molecular weight is 421 g/mol. The largest absolute Gasteiger partial charge is 0.463 e. The van der Waals surface area contributed by atoms with E-state index in [0.29, 0.717) is 48.8 Å². The molecule has 0 bridgehead atoms. The lowest BCUT2D eigenvalue weighted by atomic mass is 9.93. The molecule has 29 heavy (non-hydrogen) atoms. The van der Waals surface area contributed by atoms with Crippen molar-refractivity contribution in [1.29, 1.82) is 0 Å². The van der Waals surface area contributed by atoms with Gasteiger partial charge in [-0.1, -0.05) is 23.7 Å². The van der Waals surface area contributed by atoms with Crippen molar-refractivity contribution in [2.75, 3.05) is 26.2 Å². The number of benzene rings is 1. The minimum Gasteiger partial charge on any atom is -0.463 e. The standard InChI is InChI=1S/C20H25ClN4O4/c1-2-29-19(27)16-15(11-25-9-7-13(8-10-25)18(22)26)23-20(28)24-17(16)12-3-5-14(21)6-4-12/h3-6,13,17H,2,7-11H2,1H3,(H2,22,26)(H2,23,24,28). The predicted molar refractivity (Wildman–Crippen MR) is 108 cm³/mol. The monoisotopic (exact) mass is 420 g/mol. The lowest BCUT2D eigenvalue weighted by Gasteiger charge is -2.34. The topological polar surface area (TPSA) is 114 Å². The highest BCUT2D eigenvalue weighted by atomic mass is 35.5. The number of primary amides is 1. The second-order valence-corrected chi connectivity index (χ2v) is 7.58. The van der Waals surface area contributed by atoms with Gasteiger partial charge in [-0.15, -0.1) is 0 Å². The van der Waals surface area contributed by atoms with Gasteiger partial charge < -0.3 is 21.1 Å². The number of rotatable bonds is 6. The fourth-order valence-electron chi connectivity index (χ4n) is 3.70. The van der Waals surface area contributed by atoms with Crippen molar-refractivity contribution < 1.29 is 19.1 Å². The highest BCUT2D eigenvalue weighted by Gasteiger charge is 2.35. The summed E-state index contributed by atoms with van der Waals surface area (Å²) in [5, 5.41) is 6.13. The molecule has 1 aromatic carbocycles. The maximum absolute atomic E-state index is 12.8. The lowest BCUT2D eigenvalue weighted by molar-refractivity contribution is -0.139. The summed E-state index contributed by atoms with van der Waals surface area (Å²) in [6.45, 7) is 3.64. The van der Waals surface area contributed by atoms with Crippen LogP contribution >= 0.6 is 11.6 Å². The molecule has 0 spiro atoms. The Morgan fingerprint density at radius 3 is 2.48 bits per heavy atom. The Bertz CT molecular complexity index is 816. The summed E-state index contributed by atoms with van der Waals surface area (Å²) in [5.41, 5.74) is 7.01. The molecule has 0 aliphatic carbocycles. The van der Waals surface area contributed by atoms with Crippen LogP contribution in [-0.2, 0) is 14.3 Å². The van der Waals surface area contributed by atoms with Gasteiger partial charge in [0, 0.05) is 23.2 Å². The van der Waals surface area contributed by atoms with E-state index in [1.807, 2.05) is 0 Å². The van der Waals surface area contributed by atoms with E-state index in [1.165, 1.54) is 0 Å². The van der Waals surface area contributed by atoms with Crippen molar-refractivity contribution >= 4 is 29.5 Å². The van der Waals surface area contributed by atoms with Gasteiger partial charge in [-0.25, -0.2) is 9.59 Å². The zero-order valence-corrected chi connectivity index (χ0v) is 17.0. The van der Waals surface area contributed by atoms with Crippen molar-refractivity contribution in [2.24, 2.45) is 11.7 Å². The molecule has 1 saturated heterocycles. The first-order chi connectivity index (χ1) is 13.9. The van der Waals surface area contributed by atoms with Crippen LogP contribution in [0.5, 0.6) is 0 Å². The van der Waals surface area contributed by atoms with Crippen molar-refractivity contribution in [3.05, 3.63) is 46.1 Å². The van der Waals surface area contributed by atoms with Gasteiger partial charge >= 0.3 is 12.0 Å². The van der Waals surface area contributed by atoms with Gasteiger partial charge in [0.2, 0.25) is 5.91 Å². The minimum absolute atomic E-state index is 0.130. The number of hydrogen-bond acceptors (Lipinski definition) is 5. The number of likely N-dealkylation sites (tertiary alicyclic amines) is 1. The van der Waals surface area contributed by atoms with Crippen LogP contribution in [0.15, 0.2) is 35.5 Å². The normalized spacial score (nSPS) is 20.8. The fraction of sp³-hybridized carbons (Fsp3) is 0.450. The zero-order valence-electron chi connectivity index (χ0n) is 16.2. The summed E-state index contributed by atoms with van der Waals surface area (Å²) in [5.74, 6) is -0.898.